The van der Waals surface area contributed by atoms with Crippen molar-refractivity contribution in [1.82, 2.24) is 9.97 Å². The fraction of sp³-hybridized carbons (Fsp3) is 0.0952. The molecule has 7 heteroatoms. The highest BCUT2D eigenvalue weighted by molar-refractivity contribution is 8.00. The van der Waals surface area contributed by atoms with Crippen LogP contribution in [0.5, 0.6) is 5.75 Å². The fourth-order valence-electron chi connectivity index (χ4n) is 2.78. The van der Waals surface area contributed by atoms with Crippen LogP contribution in [0.4, 0.5) is 5.69 Å². The van der Waals surface area contributed by atoms with Gasteiger partial charge in [0.2, 0.25) is 5.91 Å². The number of amides is 1. The van der Waals surface area contributed by atoms with E-state index in [1.54, 1.807) is 30.8 Å². The second kappa shape index (κ2) is 8.41. The third-order valence-corrected chi connectivity index (χ3v) is 6.22. The number of hydrogen-bond acceptors (Lipinski definition) is 6. The number of carbonyl (C=O) groups is 1. The zero-order valence-corrected chi connectivity index (χ0v) is 16.7. The normalized spacial score (nSPS) is 11.9. The molecule has 1 unspecified atom stereocenters. The number of carbonyl (C=O) groups excluding carboxylic acids is 1. The van der Waals surface area contributed by atoms with Crippen molar-refractivity contribution in [2.24, 2.45) is 0 Å². The summed E-state index contributed by atoms with van der Waals surface area (Å²) in [6, 6.07) is 19.0. The Kier molecular flexibility index (Phi) is 5.55. The molecule has 0 aliphatic rings. The van der Waals surface area contributed by atoms with E-state index in [4.69, 9.17) is 4.74 Å². The average molecular weight is 408 g/mol. The minimum absolute atomic E-state index is 0.119. The standard InChI is InChI=1S/C21H17N3O2S2/c1-26-16-9-5-8-15(12-16)24-19(25)18(14-6-3-2-4-7-14)28-21-17-10-11-27-20(17)22-13-23-21/h2-13,18H,1H3,(H,24,25). The minimum Gasteiger partial charge on any atom is -0.497 e. The van der Waals surface area contributed by atoms with Gasteiger partial charge in [-0.1, -0.05) is 48.2 Å². The van der Waals surface area contributed by atoms with Crippen LogP contribution in [0.1, 0.15) is 10.8 Å². The van der Waals surface area contributed by atoms with E-state index in [9.17, 15) is 4.79 Å². The zero-order valence-electron chi connectivity index (χ0n) is 15.0. The van der Waals surface area contributed by atoms with Gasteiger partial charge in [-0.15, -0.1) is 11.3 Å². The lowest BCUT2D eigenvalue weighted by Crippen LogP contribution is -2.19. The van der Waals surface area contributed by atoms with E-state index in [1.165, 1.54) is 11.8 Å². The molecule has 1 amide bonds. The highest BCUT2D eigenvalue weighted by Crippen LogP contribution is 2.39. The summed E-state index contributed by atoms with van der Waals surface area (Å²) >= 11 is 2.99. The van der Waals surface area contributed by atoms with Gasteiger partial charge in [-0.3, -0.25) is 4.79 Å². The van der Waals surface area contributed by atoms with Crippen LogP contribution >= 0.6 is 23.1 Å². The quantitative estimate of drug-likeness (QED) is 0.353. The Morgan fingerprint density at radius 1 is 1.11 bits per heavy atom. The van der Waals surface area contributed by atoms with Crippen LogP contribution in [-0.2, 0) is 4.79 Å². The predicted octanol–water partition coefficient (Wildman–Crippen LogP) is 5.17. The molecule has 0 fully saturated rings. The highest BCUT2D eigenvalue weighted by Gasteiger charge is 2.24. The lowest BCUT2D eigenvalue weighted by molar-refractivity contribution is -0.115. The van der Waals surface area contributed by atoms with Crippen molar-refractivity contribution in [3.8, 4) is 5.75 Å². The minimum atomic E-state index is -0.453. The molecule has 0 spiro atoms. The summed E-state index contributed by atoms with van der Waals surface area (Å²) in [5.74, 6) is 0.573. The molecule has 0 bridgehead atoms. The van der Waals surface area contributed by atoms with Crippen molar-refractivity contribution >= 4 is 44.9 Å². The molecule has 140 valence electrons. The van der Waals surface area contributed by atoms with Crippen molar-refractivity contribution in [2.75, 3.05) is 12.4 Å². The number of hydrogen-bond donors (Lipinski definition) is 1. The number of methoxy groups -OCH3 is 1. The van der Waals surface area contributed by atoms with E-state index in [0.29, 0.717) is 11.4 Å². The summed E-state index contributed by atoms with van der Waals surface area (Å²) in [5, 5.41) is 6.28. The Morgan fingerprint density at radius 3 is 2.79 bits per heavy atom. The average Bonchev–Trinajstić information content (AvgIpc) is 3.22. The molecular weight excluding hydrogens is 390 g/mol. The van der Waals surface area contributed by atoms with Gasteiger partial charge in [-0.05, 0) is 29.1 Å². The number of nitrogens with zero attached hydrogens (tertiary/aromatic N) is 2. The first-order valence-electron chi connectivity index (χ1n) is 8.59. The maximum atomic E-state index is 13.2. The summed E-state index contributed by atoms with van der Waals surface area (Å²) in [7, 11) is 1.60. The number of aromatic nitrogens is 2. The molecule has 2 aromatic carbocycles. The summed E-state index contributed by atoms with van der Waals surface area (Å²) in [5.41, 5.74) is 1.60. The van der Waals surface area contributed by atoms with Gasteiger partial charge >= 0.3 is 0 Å². The number of rotatable bonds is 6. The first-order valence-corrected chi connectivity index (χ1v) is 10.4. The van der Waals surface area contributed by atoms with Gasteiger partial charge in [0, 0.05) is 17.1 Å². The van der Waals surface area contributed by atoms with E-state index < -0.39 is 5.25 Å². The Hall–Kier alpha value is -2.90. The number of ether oxygens (including phenoxy) is 1. The van der Waals surface area contributed by atoms with Crippen molar-refractivity contribution in [2.45, 2.75) is 10.3 Å². The molecule has 0 aliphatic heterocycles. The zero-order chi connectivity index (χ0) is 19.3. The fourth-order valence-corrected chi connectivity index (χ4v) is 4.66. The number of thioether (sulfide) groups is 1. The van der Waals surface area contributed by atoms with Gasteiger partial charge in [0.05, 0.1) is 7.11 Å². The lowest BCUT2D eigenvalue weighted by atomic mass is 10.1. The SMILES string of the molecule is COc1cccc(NC(=O)C(Sc2ncnc3sccc23)c2ccccc2)c1. The molecule has 0 aliphatic carbocycles. The molecule has 0 saturated carbocycles. The Balaban J connectivity index is 1.65. The first kappa shape index (κ1) is 18.5. The van der Waals surface area contributed by atoms with Gasteiger partial charge in [-0.2, -0.15) is 0 Å². The Labute approximate surface area is 170 Å². The smallest absolute Gasteiger partial charge is 0.242 e. The van der Waals surface area contributed by atoms with Crippen LogP contribution in [-0.4, -0.2) is 23.0 Å². The van der Waals surface area contributed by atoms with Gasteiger partial charge in [0.15, 0.2) is 0 Å². The highest BCUT2D eigenvalue weighted by atomic mass is 32.2. The van der Waals surface area contributed by atoms with Crippen LogP contribution in [0.25, 0.3) is 10.2 Å². The van der Waals surface area contributed by atoms with Crippen LogP contribution < -0.4 is 10.1 Å². The molecule has 5 nitrogen and oxygen atoms in total. The Bertz CT molecular complexity index is 1100. The summed E-state index contributed by atoms with van der Waals surface area (Å²) in [6.45, 7) is 0. The molecule has 1 atom stereocenters. The molecule has 0 saturated heterocycles. The molecule has 2 aromatic heterocycles. The van der Waals surface area contributed by atoms with E-state index in [1.807, 2.05) is 60.0 Å². The van der Waals surface area contributed by atoms with Crippen molar-refractivity contribution in [1.29, 1.82) is 0 Å². The lowest BCUT2D eigenvalue weighted by Gasteiger charge is -2.17. The number of fused-ring (bicyclic) bond motifs is 1. The topological polar surface area (TPSA) is 64.1 Å². The second-order valence-corrected chi connectivity index (χ2v) is 7.94. The molecule has 28 heavy (non-hydrogen) atoms. The van der Waals surface area contributed by atoms with Gasteiger partial charge < -0.3 is 10.1 Å². The van der Waals surface area contributed by atoms with Crippen LogP contribution in [0.2, 0.25) is 0 Å². The van der Waals surface area contributed by atoms with Crippen LogP contribution in [0, 0.1) is 0 Å². The molecule has 4 aromatic rings. The van der Waals surface area contributed by atoms with Crippen molar-refractivity contribution < 1.29 is 9.53 Å². The predicted molar refractivity (Wildman–Crippen MR) is 114 cm³/mol. The van der Waals surface area contributed by atoms with E-state index in [2.05, 4.69) is 15.3 Å². The molecule has 1 N–H and O–H groups in total. The monoisotopic (exact) mass is 407 g/mol. The number of thiophene rings is 1. The molecule has 4 rings (SSSR count). The maximum Gasteiger partial charge on any atom is 0.242 e. The van der Waals surface area contributed by atoms with Gasteiger partial charge in [-0.25, -0.2) is 9.97 Å². The van der Waals surface area contributed by atoms with Crippen LogP contribution in [0.15, 0.2) is 77.4 Å². The summed E-state index contributed by atoms with van der Waals surface area (Å²) in [6.07, 6.45) is 1.54. The third-order valence-electron chi connectivity index (χ3n) is 4.13. The largest absolute Gasteiger partial charge is 0.497 e. The maximum absolute atomic E-state index is 13.2. The van der Waals surface area contributed by atoms with Crippen molar-refractivity contribution in [3.63, 3.8) is 0 Å². The number of benzene rings is 2. The summed E-state index contributed by atoms with van der Waals surface area (Å²) in [4.78, 5) is 22.8. The molecule has 0 radical (unpaired) electrons. The first-order chi connectivity index (χ1) is 13.7. The van der Waals surface area contributed by atoms with Gasteiger partial charge in [0.1, 0.15) is 27.2 Å². The van der Waals surface area contributed by atoms with Gasteiger partial charge in [0.25, 0.3) is 0 Å². The van der Waals surface area contributed by atoms with Crippen molar-refractivity contribution in [3.05, 3.63) is 77.9 Å². The number of nitrogens with one attached hydrogen (secondary N) is 1. The second-order valence-electron chi connectivity index (χ2n) is 5.95. The van der Waals surface area contributed by atoms with E-state index >= 15 is 0 Å². The Morgan fingerprint density at radius 2 is 1.96 bits per heavy atom. The molecular formula is C21H17N3O2S2. The van der Waals surface area contributed by atoms with E-state index in [-0.39, 0.29) is 5.91 Å². The van der Waals surface area contributed by atoms with Crippen LogP contribution in [0.3, 0.4) is 0 Å². The third kappa shape index (κ3) is 4.00. The van der Waals surface area contributed by atoms with E-state index in [0.717, 1.165) is 20.8 Å². The molecule has 2 heterocycles. The summed E-state index contributed by atoms with van der Waals surface area (Å²) < 4.78 is 5.24. The number of anilines is 1.